The van der Waals surface area contributed by atoms with Crippen molar-refractivity contribution in [1.82, 2.24) is 9.80 Å². The van der Waals surface area contributed by atoms with Gasteiger partial charge in [-0.15, -0.1) is 11.3 Å². The molecule has 0 aliphatic heterocycles. The van der Waals surface area contributed by atoms with Crippen molar-refractivity contribution in [2.45, 2.75) is 33.4 Å². The van der Waals surface area contributed by atoms with Gasteiger partial charge in [-0.3, -0.25) is 9.59 Å². The molecule has 3 aromatic rings. The zero-order valence-corrected chi connectivity index (χ0v) is 20.9. The molecule has 34 heavy (non-hydrogen) atoms. The van der Waals surface area contributed by atoms with Crippen LogP contribution in [-0.4, -0.2) is 41.3 Å². The van der Waals surface area contributed by atoms with Crippen LogP contribution in [-0.2, 0) is 22.7 Å². The van der Waals surface area contributed by atoms with Crippen molar-refractivity contribution >= 4 is 34.8 Å². The van der Waals surface area contributed by atoms with Gasteiger partial charge in [0, 0.05) is 23.0 Å². The van der Waals surface area contributed by atoms with E-state index in [0.29, 0.717) is 36.8 Å². The molecule has 1 heterocycles. The molecule has 3 rings (SSSR count). The van der Waals surface area contributed by atoms with Crippen molar-refractivity contribution in [2.24, 2.45) is 0 Å². The topological polar surface area (TPSA) is 49.9 Å². The summed E-state index contributed by atoms with van der Waals surface area (Å²) in [6.45, 7) is 4.93. The fourth-order valence-electron chi connectivity index (χ4n) is 3.37. The van der Waals surface area contributed by atoms with Gasteiger partial charge in [-0.1, -0.05) is 30.7 Å². The highest BCUT2D eigenvalue weighted by atomic mass is 35.5. The van der Waals surface area contributed by atoms with Gasteiger partial charge in [0.25, 0.3) is 5.91 Å². The first kappa shape index (κ1) is 25.7. The summed E-state index contributed by atoms with van der Waals surface area (Å²) < 4.78 is 19.0. The van der Waals surface area contributed by atoms with Crippen LogP contribution in [0.1, 0.15) is 29.3 Å². The summed E-state index contributed by atoms with van der Waals surface area (Å²) >= 11 is 7.48. The lowest BCUT2D eigenvalue weighted by atomic mass is 10.2. The molecule has 0 N–H and O–H groups in total. The molecular weight excluding hydrogens is 475 g/mol. The quantitative estimate of drug-likeness (QED) is 0.338. The number of amides is 2. The van der Waals surface area contributed by atoms with E-state index in [1.54, 1.807) is 52.6 Å². The molecule has 0 atom stereocenters. The second-order valence-corrected chi connectivity index (χ2v) is 9.40. The number of thiophene rings is 1. The van der Waals surface area contributed by atoms with Gasteiger partial charge in [0.2, 0.25) is 5.91 Å². The standard InChI is InChI=1S/C26H28ClFN2O3S/c1-3-13-29(26(32)18-33-23-10-6-21(27)7-11-23)17-25(31)30(16-24-19(2)12-14-34-24)15-20-4-8-22(28)9-5-20/h4-12,14H,3,13,15-18H2,1-2H3. The van der Waals surface area contributed by atoms with Gasteiger partial charge in [0.15, 0.2) is 6.61 Å². The van der Waals surface area contributed by atoms with E-state index in [-0.39, 0.29) is 30.8 Å². The SMILES string of the molecule is CCCN(CC(=O)N(Cc1ccc(F)cc1)Cc1sccc1C)C(=O)COc1ccc(Cl)cc1. The minimum absolute atomic E-state index is 0.0533. The molecule has 0 radical (unpaired) electrons. The molecule has 0 bridgehead atoms. The second kappa shape index (κ2) is 12.5. The predicted octanol–water partition coefficient (Wildman–Crippen LogP) is 5.70. The van der Waals surface area contributed by atoms with Crippen LogP contribution in [0.5, 0.6) is 5.75 Å². The summed E-state index contributed by atoms with van der Waals surface area (Å²) in [4.78, 5) is 30.5. The average Bonchev–Trinajstić information content (AvgIpc) is 3.23. The van der Waals surface area contributed by atoms with Crippen LogP contribution in [0.25, 0.3) is 0 Å². The summed E-state index contributed by atoms with van der Waals surface area (Å²) in [7, 11) is 0. The first-order chi connectivity index (χ1) is 16.4. The van der Waals surface area contributed by atoms with E-state index in [9.17, 15) is 14.0 Å². The van der Waals surface area contributed by atoms with E-state index in [0.717, 1.165) is 16.0 Å². The Hall–Kier alpha value is -2.90. The molecule has 2 aromatic carbocycles. The Morgan fingerprint density at radius 1 is 0.971 bits per heavy atom. The third kappa shape index (κ3) is 7.57. The molecule has 0 spiro atoms. The Bertz CT molecular complexity index is 1090. The average molecular weight is 503 g/mol. The van der Waals surface area contributed by atoms with E-state index in [4.69, 9.17) is 16.3 Å². The minimum atomic E-state index is -0.323. The monoisotopic (exact) mass is 502 g/mol. The van der Waals surface area contributed by atoms with Crippen LogP contribution in [0.15, 0.2) is 60.0 Å². The summed E-state index contributed by atoms with van der Waals surface area (Å²) in [5, 5.41) is 2.57. The number of hydrogen-bond donors (Lipinski definition) is 0. The van der Waals surface area contributed by atoms with E-state index >= 15 is 0 Å². The molecule has 8 heteroatoms. The highest BCUT2D eigenvalue weighted by Crippen LogP contribution is 2.20. The van der Waals surface area contributed by atoms with Crippen molar-refractivity contribution in [3.05, 3.63) is 86.8 Å². The second-order valence-electron chi connectivity index (χ2n) is 7.96. The van der Waals surface area contributed by atoms with Gasteiger partial charge in [0.1, 0.15) is 11.6 Å². The van der Waals surface area contributed by atoms with Gasteiger partial charge in [-0.25, -0.2) is 4.39 Å². The number of rotatable bonds is 11. The van der Waals surface area contributed by atoms with Crippen molar-refractivity contribution in [1.29, 1.82) is 0 Å². The highest BCUT2D eigenvalue weighted by Gasteiger charge is 2.22. The van der Waals surface area contributed by atoms with Gasteiger partial charge >= 0.3 is 0 Å². The minimum Gasteiger partial charge on any atom is -0.484 e. The molecule has 0 aliphatic rings. The van der Waals surface area contributed by atoms with E-state index < -0.39 is 0 Å². The number of nitrogens with zero attached hydrogens (tertiary/aromatic N) is 2. The van der Waals surface area contributed by atoms with Crippen molar-refractivity contribution in [2.75, 3.05) is 19.7 Å². The van der Waals surface area contributed by atoms with Gasteiger partial charge in [-0.05, 0) is 72.3 Å². The number of carbonyl (C=O) groups excluding carboxylic acids is 2. The Morgan fingerprint density at radius 3 is 2.29 bits per heavy atom. The summed E-state index contributed by atoms with van der Waals surface area (Å²) in [5.41, 5.74) is 1.93. The number of aryl methyl sites for hydroxylation is 1. The third-order valence-corrected chi connectivity index (χ3v) is 6.55. The van der Waals surface area contributed by atoms with Crippen molar-refractivity contribution in [3.63, 3.8) is 0 Å². The van der Waals surface area contributed by atoms with Crippen LogP contribution >= 0.6 is 22.9 Å². The molecule has 0 unspecified atom stereocenters. The molecule has 2 amide bonds. The number of ether oxygens (including phenoxy) is 1. The summed E-state index contributed by atoms with van der Waals surface area (Å²) in [5.74, 6) is -0.229. The fraction of sp³-hybridized carbons (Fsp3) is 0.308. The van der Waals surface area contributed by atoms with E-state index in [2.05, 4.69) is 0 Å². The number of carbonyl (C=O) groups is 2. The van der Waals surface area contributed by atoms with Crippen LogP contribution < -0.4 is 4.74 Å². The number of benzene rings is 2. The smallest absolute Gasteiger partial charge is 0.260 e. The Balaban J connectivity index is 1.70. The van der Waals surface area contributed by atoms with E-state index in [1.807, 2.05) is 25.3 Å². The molecule has 0 saturated carbocycles. The van der Waals surface area contributed by atoms with Crippen LogP contribution in [0.4, 0.5) is 4.39 Å². The van der Waals surface area contributed by atoms with Crippen LogP contribution in [0, 0.1) is 12.7 Å². The molecule has 0 saturated heterocycles. The first-order valence-electron chi connectivity index (χ1n) is 11.1. The summed E-state index contributed by atoms with van der Waals surface area (Å²) in [6.07, 6.45) is 0.710. The lowest BCUT2D eigenvalue weighted by molar-refractivity contribution is -0.142. The lowest BCUT2D eigenvalue weighted by Crippen LogP contribution is -2.44. The Kier molecular flexibility index (Phi) is 9.48. The fourth-order valence-corrected chi connectivity index (χ4v) is 4.42. The summed E-state index contributed by atoms with van der Waals surface area (Å²) in [6, 6.07) is 14.9. The van der Waals surface area contributed by atoms with Gasteiger partial charge in [0.05, 0.1) is 13.1 Å². The zero-order chi connectivity index (χ0) is 24.5. The Labute approximate surface area is 208 Å². The first-order valence-corrected chi connectivity index (χ1v) is 12.3. The highest BCUT2D eigenvalue weighted by molar-refractivity contribution is 7.10. The van der Waals surface area contributed by atoms with Gasteiger partial charge in [-0.2, -0.15) is 0 Å². The molecule has 1 aromatic heterocycles. The van der Waals surface area contributed by atoms with Crippen LogP contribution in [0.3, 0.4) is 0 Å². The lowest BCUT2D eigenvalue weighted by Gasteiger charge is -2.28. The van der Waals surface area contributed by atoms with Crippen LogP contribution in [0.2, 0.25) is 5.02 Å². The molecule has 0 fully saturated rings. The number of hydrogen-bond acceptors (Lipinski definition) is 4. The largest absolute Gasteiger partial charge is 0.484 e. The Morgan fingerprint density at radius 2 is 1.68 bits per heavy atom. The maximum atomic E-state index is 13.4. The van der Waals surface area contributed by atoms with Crippen molar-refractivity contribution < 1.29 is 18.7 Å². The molecule has 5 nitrogen and oxygen atoms in total. The molecule has 180 valence electrons. The third-order valence-electron chi connectivity index (χ3n) is 5.29. The number of halogens is 2. The maximum Gasteiger partial charge on any atom is 0.260 e. The van der Waals surface area contributed by atoms with Gasteiger partial charge < -0.3 is 14.5 Å². The predicted molar refractivity (Wildman–Crippen MR) is 134 cm³/mol. The zero-order valence-electron chi connectivity index (χ0n) is 19.3. The van der Waals surface area contributed by atoms with E-state index in [1.165, 1.54) is 17.0 Å². The normalized spacial score (nSPS) is 10.7. The van der Waals surface area contributed by atoms with Crippen molar-refractivity contribution in [3.8, 4) is 5.75 Å². The maximum absolute atomic E-state index is 13.4. The molecular formula is C26H28ClFN2O3S. The molecule has 0 aliphatic carbocycles.